The van der Waals surface area contributed by atoms with E-state index < -0.39 is 17.3 Å². The van der Waals surface area contributed by atoms with Crippen molar-refractivity contribution in [3.8, 4) is 0 Å². The maximum absolute atomic E-state index is 12.6. The van der Waals surface area contributed by atoms with Crippen LogP contribution in [0.4, 0.5) is 13.2 Å². The van der Waals surface area contributed by atoms with Crippen LogP contribution >= 0.6 is 0 Å². The summed E-state index contributed by atoms with van der Waals surface area (Å²) in [6.07, 6.45) is -3.63. The van der Waals surface area contributed by atoms with Crippen LogP contribution in [0.3, 0.4) is 0 Å². The number of alkyl halides is 3. The minimum atomic E-state index is -4.46. The third kappa shape index (κ3) is 3.27. The molecule has 6 heteroatoms. The number of hydrogen-bond acceptors (Lipinski definition) is 2. The molecule has 0 bridgehead atoms. The van der Waals surface area contributed by atoms with Gasteiger partial charge in [0.15, 0.2) is 0 Å². The summed E-state index contributed by atoms with van der Waals surface area (Å²) in [6.45, 7) is 0.484. The van der Waals surface area contributed by atoms with Crippen molar-refractivity contribution >= 4 is 0 Å². The first kappa shape index (κ1) is 14.3. The highest BCUT2D eigenvalue weighted by Gasteiger charge is 2.30. The van der Waals surface area contributed by atoms with Crippen molar-refractivity contribution in [2.45, 2.75) is 19.3 Å². The van der Waals surface area contributed by atoms with E-state index >= 15 is 0 Å². The molecule has 0 fully saturated rings. The molecule has 0 aliphatic heterocycles. The van der Waals surface area contributed by atoms with E-state index in [2.05, 4.69) is 0 Å². The van der Waals surface area contributed by atoms with Crippen LogP contribution in [0.2, 0.25) is 0 Å². The molecule has 0 amide bonds. The number of aromatic nitrogens is 1. The molecule has 0 atom stereocenters. The molecule has 1 heterocycles. The highest BCUT2D eigenvalue weighted by Crippen LogP contribution is 2.28. The first-order chi connectivity index (χ1) is 9.40. The summed E-state index contributed by atoms with van der Waals surface area (Å²) < 4.78 is 38.9. The Hall–Kier alpha value is -2.08. The molecule has 0 radical (unpaired) electrons. The van der Waals surface area contributed by atoms with Gasteiger partial charge >= 0.3 is 6.18 Å². The molecular formula is C14H13F3N2O. The molecular weight excluding hydrogens is 269 g/mol. The number of pyridine rings is 1. The topological polar surface area (TPSA) is 48.0 Å². The maximum Gasteiger partial charge on any atom is 0.417 e. The number of nitrogens with zero attached hydrogens (tertiary/aromatic N) is 1. The Kier molecular flexibility index (Phi) is 3.94. The summed E-state index contributed by atoms with van der Waals surface area (Å²) in [4.78, 5) is 11.6. The van der Waals surface area contributed by atoms with Crippen molar-refractivity contribution in [1.82, 2.24) is 4.57 Å². The number of halogens is 3. The first-order valence-corrected chi connectivity index (χ1v) is 5.96. The average Bonchev–Trinajstić information content (AvgIpc) is 2.41. The summed E-state index contributed by atoms with van der Waals surface area (Å²) in [6, 6.07) is 8.78. The molecule has 20 heavy (non-hydrogen) atoms. The van der Waals surface area contributed by atoms with E-state index in [1.807, 2.05) is 0 Å². The highest BCUT2D eigenvalue weighted by atomic mass is 19.4. The lowest BCUT2D eigenvalue weighted by Gasteiger charge is -2.11. The molecule has 3 nitrogen and oxygen atoms in total. The minimum Gasteiger partial charge on any atom is -0.326 e. The largest absolute Gasteiger partial charge is 0.417 e. The molecule has 2 rings (SSSR count). The van der Waals surface area contributed by atoms with Gasteiger partial charge in [0.2, 0.25) is 0 Å². The number of benzene rings is 1. The van der Waals surface area contributed by atoms with Crippen LogP contribution in [-0.2, 0) is 19.3 Å². The molecule has 1 aromatic carbocycles. The summed E-state index contributed by atoms with van der Waals surface area (Å²) >= 11 is 0. The fraction of sp³-hybridized carbons (Fsp3) is 0.214. The summed E-state index contributed by atoms with van der Waals surface area (Å²) in [7, 11) is 0. The predicted octanol–water partition coefficient (Wildman–Crippen LogP) is 2.37. The van der Waals surface area contributed by atoms with Gasteiger partial charge in [-0.15, -0.1) is 0 Å². The Bertz CT molecular complexity index is 645. The number of nitrogens with two attached hydrogens (primary N) is 1. The number of hydrogen-bond donors (Lipinski definition) is 1. The lowest BCUT2D eigenvalue weighted by molar-refractivity contribution is -0.138. The van der Waals surface area contributed by atoms with Gasteiger partial charge in [0.05, 0.1) is 12.1 Å². The zero-order valence-electron chi connectivity index (χ0n) is 10.5. The van der Waals surface area contributed by atoms with Crippen molar-refractivity contribution in [3.63, 3.8) is 0 Å². The van der Waals surface area contributed by atoms with Gasteiger partial charge in [0, 0.05) is 18.8 Å². The molecule has 2 N–H and O–H groups in total. The summed E-state index contributed by atoms with van der Waals surface area (Å²) in [5.41, 5.74) is 5.82. The third-order valence-electron chi connectivity index (χ3n) is 2.92. The third-order valence-corrected chi connectivity index (χ3v) is 2.92. The van der Waals surface area contributed by atoms with Crippen LogP contribution in [0.1, 0.15) is 16.7 Å². The Labute approximate surface area is 113 Å². The lowest BCUT2D eigenvalue weighted by Crippen LogP contribution is -2.21. The Morgan fingerprint density at radius 1 is 1.00 bits per heavy atom. The van der Waals surface area contributed by atoms with Crippen molar-refractivity contribution in [3.05, 3.63) is 69.6 Å². The average molecular weight is 282 g/mol. The fourth-order valence-corrected chi connectivity index (χ4v) is 1.80. The Morgan fingerprint density at radius 2 is 1.60 bits per heavy atom. The molecule has 2 aromatic rings. The second kappa shape index (κ2) is 5.50. The molecule has 0 saturated carbocycles. The van der Waals surface area contributed by atoms with Crippen LogP contribution in [-0.4, -0.2) is 4.57 Å². The van der Waals surface area contributed by atoms with Gasteiger partial charge in [-0.3, -0.25) is 4.79 Å². The van der Waals surface area contributed by atoms with Gasteiger partial charge < -0.3 is 10.3 Å². The van der Waals surface area contributed by atoms with Gasteiger partial charge in [-0.2, -0.15) is 13.2 Å². The van der Waals surface area contributed by atoms with Crippen LogP contribution in [0.5, 0.6) is 0 Å². The second-order valence-corrected chi connectivity index (χ2v) is 4.40. The van der Waals surface area contributed by atoms with E-state index in [4.69, 9.17) is 5.73 Å². The molecule has 0 unspecified atom stereocenters. The van der Waals surface area contributed by atoms with Gasteiger partial charge in [-0.05, 0) is 17.2 Å². The van der Waals surface area contributed by atoms with Gasteiger partial charge in [0.1, 0.15) is 0 Å². The monoisotopic (exact) mass is 282 g/mol. The van der Waals surface area contributed by atoms with Gasteiger partial charge in [0.25, 0.3) is 5.56 Å². The molecule has 0 aliphatic rings. The second-order valence-electron chi connectivity index (χ2n) is 4.40. The van der Waals surface area contributed by atoms with Crippen molar-refractivity contribution < 1.29 is 13.2 Å². The van der Waals surface area contributed by atoms with E-state index in [-0.39, 0.29) is 6.54 Å². The minimum absolute atomic E-state index is 0.0909. The fourth-order valence-electron chi connectivity index (χ4n) is 1.80. The van der Waals surface area contributed by atoms with Crippen LogP contribution in [0, 0.1) is 0 Å². The normalized spacial score (nSPS) is 11.6. The van der Waals surface area contributed by atoms with Crippen LogP contribution in [0.25, 0.3) is 0 Å². The quantitative estimate of drug-likeness (QED) is 0.939. The summed E-state index contributed by atoms with van der Waals surface area (Å²) in [5, 5.41) is 0. The smallest absolute Gasteiger partial charge is 0.326 e. The maximum atomic E-state index is 12.6. The Balaban J connectivity index is 2.30. The SMILES string of the molecule is NCc1ccc(Cn2cc(C(F)(F)F)ccc2=O)cc1. The molecule has 106 valence electrons. The lowest BCUT2D eigenvalue weighted by atomic mass is 10.1. The highest BCUT2D eigenvalue weighted by molar-refractivity contribution is 5.23. The predicted molar refractivity (Wildman–Crippen MR) is 69.1 cm³/mol. The van der Waals surface area contributed by atoms with Crippen molar-refractivity contribution in [1.29, 1.82) is 0 Å². The zero-order valence-corrected chi connectivity index (χ0v) is 10.5. The molecule has 0 saturated heterocycles. The van der Waals surface area contributed by atoms with Crippen molar-refractivity contribution in [2.75, 3.05) is 0 Å². The van der Waals surface area contributed by atoms with Crippen LogP contribution in [0.15, 0.2) is 47.4 Å². The number of rotatable bonds is 3. The van der Waals surface area contributed by atoms with E-state index in [1.165, 1.54) is 0 Å². The summed E-state index contributed by atoms with van der Waals surface area (Å²) in [5.74, 6) is 0. The molecule has 0 aliphatic carbocycles. The molecule has 0 spiro atoms. The van der Waals surface area contributed by atoms with Crippen LogP contribution < -0.4 is 11.3 Å². The van der Waals surface area contributed by atoms with Gasteiger partial charge in [-0.1, -0.05) is 24.3 Å². The van der Waals surface area contributed by atoms with E-state index in [0.717, 1.165) is 34.0 Å². The van der Waals surface area contributed by atoms with E-state index in [1.54, 1.807) is 24.3 Å². The Morgan fingerprint density at radius 3 is 2.15 bits per heavy atom. The first-order valence-electron chi connectivity index (χ1n) is 5.96. The van der Waals surface area contributed by atoms with Gasteiger partial charge in [-0.25, -0.2) is 0 Å². The zero-order chi connectivity index (χ0) is 14.8. The van der Waals surface area contributed by atoms with Crippen molar-refractivity contribution in [2.24, 2.45) is 5.73 Å². The van der Waals surface area contributed by atoms with E-state index in [0.29, 0.717) is 6.54 Å². The van der Waals surface area contributed by atoms with E-state index in [9.17, 15) is 18.0 Å². The standard InChI is InChI=1S/C14H13F3N2O/c15-14(16,17)12-5-6-13(20)19(9-12)8-11-3-1-10(7-18)2-4-11/h1-6,9H,7-8,18H2. The molecule has 1 aromatic heterocycles.